The first-order valence-electron chi connectivity index (χ1n) is 6.51. The van der Waals surface area contributed by atoms with Crippen LogP contribution in [0, 0.1) is 0 Å². The smallest absolute Gasteiger partial charge is 0.416 e. The molecule has 0 unspecified atom stereocenters. The molecular formula is C17H15F3O2. The fourth-order valence-corrected chi connectivity index (χ4v) is 1.90. The van der Waals surface area contributed by atoms with Crippen molar-refractivity contribution in [2.75, 3.05) is 14.2 Å². The molecule has 0 radical (unpaired) electrons. The van der Waals surface area contributed by atoms with Crippen LogP contribution >= 0.6 is 0 Å². The highest BCUT2D eigenvalue weighted by molar-refractivity contribution is 5.71. The largest absolute Gasteiger partial charge is 0.497 e. The number of rotatable bonds is 4. The number of methoxy groups -OCH3 is 2. The van der Waals surface area contributed by atoms with E-state index in [9.17, 15) is 13.2 Å². The van der Waals surface area contributed by atoms with Crippen molar-refractivity contribution >= 4 is 12.2 Å². The van der Waals surface area contributed by atoms with Gasteiger partial charge in [0.05, 0.1) is 19.8 Å². The molecule has 0 N–H and O–H groups in total. The maximum Gasteiger partial charge on any atom is 0.416 e. The molecule has 0 spiro atoms. The predicted molar refractivity (Wildman–Crippen MR) is 79.9 cm³/mol. The molecule has 5 heteroatoms. The summed E-state index contributed by atoms with van der Waals surface area (Å²) in [5.74, 6) is 1.29. The third-order valence-corrected chi connectivity index (χ3v) is 3.08. The Balaban J connectivity index is 2.21. The molecule has 116 valence electrons. The zero-order valence-corrected chi connectivity index (χ0v) is 12.1. The normalized spacial score (nSPS) is 11.7. The van der Waals surface area contributed by atoms with Crippen LogP contribution in [-0.4, -0.2) is 14.2 Å². The molecule has 0 heterocycles. The van der Waals surface area contributed by atoms with Gasteiger partial charge in [-0.3, -0.25) is 0 Å². The SMILES string of the molecule is COc1cc(/C=C/c2ccc(C(F)(F)F)cc2)cc(OC)c1. The molecule has 0 amide bonds. The summed E-state index contributed by atoms with van der Waals surface area (Å²) in [6, 6.07) is 10.3. The summed E-state index contributed by atoms with van der Waals surface area (Å²) in [5, 5.41) is 0. The number of alkyl halides is 3. The molecule has 0 fully saturated rings. The highest BCUT2D eigenvalue weighted by atomic mass is 19.4. The number of hydrogen-bond donors (Lipinski definition) is 0. The van der Waals surface area contributed by atoms with E-state index in [1.165, 1.54) is 12.1 Å². The van der Waals surface area contributed by atoms with Crippen LogP contribution in [0.4, 0.5) is 13.2 Å². The van der Waals surface area contributed by atoms with Gasteiger partial charge in [0.1, 0.15) is 11.5 Å². The summed E-state index contributed by atoms with van der Waals surface area (Å²) in [6.45, 7) is 0. The summed E-state index contributed by atoms with van der Waals surface area (Å²) in [6.07, 6.45) is -0.801. The Morgan fingerprint density at radius 3 is 1.73 bits per heavy atom. The molecule has 2 aromatic carbocycles. The fourth-order valence-electron chi connectivity index (χ4n) is 1.90. The second-order valence-corrected chi connectivity index (χ2v) is 4.60. The van der Waals surface area contributed by atoms with E-state index in [-0.39, 0.29) is 0 Å². The van der Waals surface area contributed by atoms with E-state index >= 15 is 0 Å². The molecule has 0 atom stereocenters. The van der Waals surface area contributed by atoms with Gasteiger partial charge in [0, 0.05) is 6.07 Å². The maximum atomic E-state index is 12.5. The van der Waals surface area contributed by atoms with Crippen molar-refractivity contribution in [1.82, 2.24) is 0 Å². The van der Waals surface area contributed by atoms with Crippen LogP contribution < -0.4 is 9.47 Å². The Hall–Kier alpha value is -2.43. The highest BCUT2D eigenvalue weighted by Crippen LogP contribution is 2.29. The summed E-state index contributed by atoms with van der Waals surface area (Å²) in [4.78, 5) is 0. The maximum absolute atomic E-state index is 12.5. The van der Waals surface area contributed by atoms with Gasteiger partial charge >= 0.3 is 6.18 Å². The first kappa shape index (κ1) is 15.9. The van der Waals surface area contributed by atoms with Gasteiger partial charge in [-0.25, -0.2) is 0 Å². The number of halogens is 3. The minimum Gasteiger partial charge on any atom is -0.497 e. The first-order valence-corrected chi connectivity index (χ1v) is 6.51. The van der Waals surface area contributed by atoms with Crippen LogP contribution in [0.3, 0.4) is 0 Å². The molecule has 0 saturated carbocycles. The number of benzene rings is 2. The van der Waals surface area contributed by atoms with Gasteiger partial charge in [-0.05, 0) is 35.4 Å². The van der Waals surface area contributed by atoms with Crippen molar-refractivity contribution in [3.05, 3.63) is 59.2 Å². The number of hydrogen-bond acceptors (Lipinski definition) is 2. The summed E-state index contributed by atoms with van der Waals surface area (Å²) in [5.41, 5.74) is 0.846. The monoisotopic (exact) mass is 308 g/mol. The van der Waals surface area contributed by atoms with E-state index in [4.69, 9.17) is 9.47 Å². The molecule has 0 aliphatic heterocycles. The van der Waals surface area contributed by atoms with Gasteiger partial charge in [-0.1, -0.05) is 24.3 Å². The quantitative estimate of drug-likeness (QED) is 0.748. The van der Waals surface area contributed by atoms with E-state index in [0.717, 1.165) is 17.7 Å². The molecule has 0 bridgehead atoms. The van der Waals surface area contributed by atoms with E-state index < -0.39 is 11.7 Å². The van der Waals surface area contributed by atoms with E-state index in [1.54, 1.807) is 32.4 Å². The summed E-state index contributed by atoms with van der Waals surface area (Å²) < 4.78 is 47.8. The van der Waals surface area contributed by atoms with E-state index in [1.807, 2.05) is 12.1 Å². The molecule has 2 aromatic rings. The van der Waals surface area contributed by atoms with Crippen molar-refractivity contribution < 1.29 is 22.6 Å². The lowest BCUT2D eigenvalue weighted by Crippen LogP contribution is -2.03. The Kier molecular flexibility index (Phi) is 4.75. The molecule has 0 aromatic heterocycles. The van der Waals surface area contributed by atoms with Gasteiger partial charge in [-0.15, -0.1) is 0 Å². The van der Waals surface area contributed by atoms with Crippen molar-refractivity contribution in [2.24, 2.45) is 0 Å². The molecule has 0 saturated heterocycles. The van der Waals surface area contributed by atoms with Gasteiger partial charge < -0.3 is 9.47 Å². The van der Waals surface area contributed by atoms with Crippen LogP contribution in [0.1, 0.15) is 16.7 Å². The second-order valence-electron chi connectivity index (χ2n) is 4.60. The molecule has 2 nitrogen and oxygen atoms in total. The van der Waals surface area contributed by atoms with Gasteiger partial charge in [0.25, 0.3) is 0 Å². The van der Waals surface area contributed by atoms with Crippen molar-refractivity contribution in [2.45, 2.75) is 6.18 Å². The third-order valence-electron chi connectivity index (χ3n) is 3.08. The Labute approximate surface area is 126 Å². The van der Waals surface area contributed by atoms with Crippen LogP contribution in [0.15, 0.2) is 42.5 Å². The summed E-state index contributed by atoms with van der Waals surface area (Å²) >= 11 is 0. The number of ether oxygens (including phenoxy) is 2. The first-order chi connectivity index (χ1) is 10.4. The average Bonchev–Trinajstić information content (AvgIpc) is 2.52. The standard InChI is InChI=1S/C17H15F3O2/c1-21-15-9-13(10-16(11-15)22-2)4-3-12-5-7-14(8-6-12)17(18,19)20/h3-11H,1-2H3/b4-3+. The van der Waals surface area contributed by atoms with Gasteiger partial charge in [-0.2, -0.15) is 13.2 Å². The van der Waals surface area contributed by atoms with Crippen LogP contribution in [0.2, 0.25) is 0 Å². The summed E-state index contributed by atoms with van der Waals surface area (Å²) in [7, 11) is 3.11. The lowest BCUT2D eigenvalue weighted by atomic mass is 10.1. The molecular weight excluding hydrogens is 293 g/mol. The molecule has 2 rings (SSSR count). The fraction of sp³-hybridized carbons (Fsp3) is 0.176. The zero-order valence-electron chi connectivity index (χ0n) is 12.1. The van der Waals surface area contributed by atoms with Crippen LogP contribution in [-0.2, 0) is 6.18 Å². The van der Waals surface area contributed by atoms with E-state index in [2.05, 4.69) is 0 Å². The molecule has 22 heavy (non-hydrogen) atoms. The topological polar surface area (TPSA) is 18.5 Å². The van der Waals surface area contributed by atoms with Crippen molar-refractivity contribution in [3.63, 3.8) is 0 Å². The molecule has 0 aliphatic rings. The minimum atomic E-state index is -4.32. The van der Waals surface area contributed by atoms with Crippen LogP contribution in [0.25, 0.3) is 12.2 Å². The van der Waals surface area contributed by atoms with Crippen molar-refractivity contribution in [1.29, 1.82) is 0 Å². The lowest BCUT2D eigenvalue weighted by molar-refractivity contribution is -0.137. The lowest BCUT2D eigenvalue weighted by Gasteiger charge is -2.07. The molecule has 0 aliphatic carbocycles. The van der Waals surface area contributed by atoms with Gasteiger partial charge in [0.2, 0.25) is 0 Å². The minimum absolute atomic E-state index is 0.645. The second kappa shape index (κ2) is 6.56. The van der Waals surface area contributed by atoms with Crippen molar-refractivity contribution in [3.8, 4) is 11.5 Å². The zero-order chi connectivity index (χ0) is 16.2. The predicted octanol–water partition coefficient (Wildman–Crippen LogP) is 4.89. The highest BCUT2D eigenvalue weighted by Gasteiger charge is 2.29. The Bertz CT molecular complexity index is 636. The van der Waals surface area contributed by atoms with Crippen LogP contribution in [0.5, 0.6) is 11.5 Å². The Morgan fingerprint density at radius 2 is 1.27 bits per heavy atom. The third kappa shape index (κ3) is 4.04. The van der Waals surface area contributed by atoms with E-state index in [0.29, 0.717) is 17.1 Å². The average molecular weight is 308 g/mol. The Morgan fingerprint density at radius 1 is 0.773 bits per heavy atom. The van der Waals surface area contributed by atoms with Gasteiger partial charge in [0.15, 0.2) is 0 Å².